The van der Waals surface area contributed by atoms with E-state index in [0.29, 0.717) is 0 Å². The zero-order valence-electron chi connectivity index (χ0n) is 7.88. The van der Waals surface area contributed by atoms with Gasteiger partial charge in [0.2, 0.25) is 0 Å². The standard InChI is InChI=1S/C9H18O2.FH/c1-3-5-7-8(6-4-2)9(10)11;/h8H,3-7H2,1-2H3,(H,10,11);1H. The number of halogens is 1. The Morgan fingerprint density at radius 1 is 1.25 bits per heavy atom. The summed E-state index contributed by atoms with van der Waals surface area (Å²) in [6.07, 6.45) is 4.78. The highest BCUT2D eigenvalue weighted by Crippen LogP contribution is 2.14. The van der Waals surface area contributed by atoms with Crippen LogP contribution in [0.1, 0.15) is 46.0 Å². The molecule has 0 fully saturated rings. The number of rotatable bonds is 6. The minimum atomic E-state index is -0.625. The molecule has 0 aliphatic rings. The van der Waals surface area contributed by atoms with Crippen molar-refractivity contribution >= 4 is 5.97 Å². The molecule has 0 bridgehead atoms. The van der Waals surface area contributed by atoms with Crippen molar-refractivity contribution in [3.63, 3.8) is 0 Å². The van der Waals surface area contributed by atoms with Crippen LogP contribution in [-0.2, 0) is 4.79 Å². The fourth-order valence-electron chi connectivity index (χ4n) is 1.19. The fourth-order valence-corrected chi connectivity index (χ4v) is 1.19. The third-order valence-electron chi connectivity index (χ3n) is 1.89. The molecule has 1 atom stereocenters. The van der Waals surface area contributed by atoms with Gasteiger partial charge in [-0.25, -0.2) is 0 Å². The molecule has 0 saturated heterocycles. The minimum Gasteiger partial charge on any atom is -0.481 e. The van der Waals surface area contributed by atoms with Gasteiger partial charge in [0.25, 0.3) is 0 Å². The van der Waals surface area contributed by atoms with Gasteiger partial charge in [0.15, 0.2) is 0 Å². The lowest BCUT2D eigenvalue weighted by Gasteiger charge is -2.08. The van der Waals surface area contributed by atoms with Gasteiger partial charge in [0, 0.05) is 0 Å². The molecule has 0 aromatic carbocycles. The summed E-state index contributed by atoms with van der Waals surface area (Å²) in [5, 5.41) is 8.73. The van der Waals surface area contributed by atoms with Gasteiger partial charge in [-0.3, -0.25) is 9.50 Å². The van der Waals surface area contributed by atoms with E-state index in [1.807, 2.05) is 6.92 Å². The molecule has 0 aliphatic carbocycles. The number of hydrogen-bond acceptors (Lipinski definition) is 1. The molecule has 3 heteroatoms. The van der Waals surface area contributed by atoms with E-state index in [4.69, 9.17) is 5.11 Å². The molecular formula is C9H19FO2. The van der Waals surface area contributed by atoms with Crippen molar-refractivity contribution in [2.75, 3.05) is 0 Å². The summed E-state index contributed by atoms with van der Waals surface area (Å²) in [6.45, 7) is 4.12. The van der Waals surface area contributed by atoms with Crippen LogP contribution in [0.5, 0.6) is 0 Å². The van der Waals surface area contributed by atoms with E-state index >= 15 is 0 Å². The molecule has 0 aromatic heterocycles. The van der Waals surface area contributed by atoms with Gasteiger partial charge >= 0.3 is 5.97 Å². The second-order valence-electron chi connectivity index (χ2n) is 2.97. The summed E-state index contributed by atoms with van der Waals surface area (Å²) in [5.41, 5.74) is 0. The molecule has 0 saturated carbocycles. The largest absolute Gasteiger partial charge is 0.481 e. The molecule has 0 radical (unpaired) electrons. The van der Waals surface area contributed by atoms with Crippen molar-refractivity contribution in [2.45, 2.75) is 46.0 Å². The van der Waals surface area contributed by atoms with Crippen LogP contribution < -0.4 is 0 Å². The van der Waals surface area contributed by atoms with E-state index in [1.54, 1.807) is 0 Å². The first-order valence-electron chi connectivity index (χ1n) is 4.45. The monoisotopic (exact) mass is 178 g/mol. The van der Waals surface area contributed by atoms with Gasteiger partial charge in [-0.1, -0.05) is 33.1 Å². The first kappa shape index (κ1) is 14.0. The second-order valence-corrected chi connectivity index (χ2v) is 2.97. The molecule has 12 heavy (non-hydrogen) atoms. The summed E-state index contributed by atoms with van der Waals surface area (Å²) < 4.78 is 0. The smallest absolute Gasteiger partial charge is 0.306 e. The van der Waals surface area contributed by atoms with E-state index in [1.165, 1.54) is 0 Å². The summed E-state index contributed by atoms with van der Waals surface area (Å²) in [5.74, 6) is -0.722. The lowest BCUT2D eigenvalue weighted by molar-refractivity contribution is -0.142. The van der Waals surface area contributed by atoms with Gasteiger partial charge in [0.05, 0.1) is 5.92 Å². The first-order valence-corrected chi connectivity index (χ1v) is 4.45. The van der Waals surface area contributed by atoms with E-state index in [0.717, 1.165) is 32.1 Å². The Bertz CT molecular complexity index is 115. The van der Waals surface area contributed by atoms with Crippen LogP contribution >= 0.6 is 0 Å². The summed E-state index contributed by atoms with van der Waals surface area (Å²) in [7, 11) is 0. The number of unbranched alkanes of at least 4 members (excludes halogenated alkanes) is 1. The highest BCUT2D eigenvalue weighted by atomic mass is 19.0. The number of hydrogen-bond donors (Lipinski definition) is 1. The van der Waals surface area contributed by atoms with Gasteiger partial charge < -0.3 is 5.11 Å². The van der Waals surface area contributed by atoms with Crippen molar-refractivity contribution in [3.05, 3.63) is 0 Å². The Morgan fingerprint density at radius 3 is 2.17 bits per heavy atom. The second kappa shape index (κ2) is 8.50. The average Bonchev–Trinajstić information content (AvgIpc) is 1.97. The molecule has 1 unspecified atom stereocenters. The van der Waals surface area contributed by atoms with Crippen LogP contribution in [0.4, 0.5) is 4.70 Å². The highest BCUT2D eigenvalue weighted by Gasteiger charge is 2.14. The lowest BCUT2D eigenvalue weighted by Crippen LogP contribution is -2.12. The molecule has 0 heterocycles. The van der Waals surface area contributed by atoms with Crippen molar-refractivity contribution < 1.29 is 14.6 Å². The summed E-state index contributed by atoms with van der Waals surface area (Å²) >= 11 is 0. The van der Waals surface area contributed by atoms with Crippen LogP contribution in [0.2, 0.25) is 0 Å². The van der Waals surface area contributed by atoms with Gasteiger partial charge in [-0.15, -0.1) is 0 Å². The van der Waals surface area contributed by atoms with Crippen LogP contribution in [0, 0.1) is 5.92 Å². The zero-order chi connectivity index (χ0) is 8.69. The molecule has 74 valence electrons. The average molecular weight is 178 g/mol. The van der Waals surface area contributed by atoms with Gasteiger partial charge in [0.1, 0.15) is 0 Å². The van der Waals surface area contributed by atoms with Crippen molar-refractivity contribution in [2.24, 2.45) is 5.92 Å². The molecular weight excluding hydrogens is 159 g/mol. The van der Waals surface area contributed by atoms with Gasteiger partial charge in [-0.05, 0) is 12.8 Å². The number of aliphatic carboxylic acids is 1. The predicted octanol–water partition coefficient (Wildman–Crippen LogP) is 2.83. The van der Waals surface area contributed by atoms with Crippen LogP contribution in [0.25, 0.3) is 0 Å². The maximum atomic E-state index is 10.6. The van der Waals surface area contributed by atoms with Crippen molar-refractivity contribution in [3.8, 4) is 0 Å². The third kappa shape index (κ3) is 6.13. The molecule has 1 N–H and O–H groups in total. The fraction of sp³-hybridized carbons (Fsp3) is 0.889. The summed E-state index contributed by atoms with van der Waals surface area (Å²) in [4.78, 5) is 10.6. The molecule has 0 rings (SSSR count). The Kier molecular flexibility index (Phi) is 9.88. The number of carboxylic acids is 1. The molecule has 0 amide bonds. The minimum absolute atomic E-state index is 0. The quantitative estimate of drug-likeness (QED) is 0.679. The van der Waals surface area contributed by atoms with Crippen LogP contribution in [0.15, 0.2) is 0 Å². The molecule has 0 spiro atoms. The van der Waals surface area contributed by atoms with E-state index in [9.17, 15) is 4.79 Å². The first-order chi connectivity index (χ1) is 5.22. The van der Waals surface area contributed by atoms with Crippen LogP contribution in [-0.4, -0.2) is 11.1 Å². The topological polar surface area (TPSA) is 37.3 Å². The number of carbonyl (C=O) groups is 1. The Labute approximate surface area is 73.3 Å². The van der Waals surface area contributed by atoms with Crippen molar-refractivity contribution in [1.82, 2.24) is 0 Å². The Hall–Kier alpha value is -0.600. The van der Waals surface area contributed by atoms with E-state index in [2.05, 4.69) is 6.92 Å². The molecule has 0 aliphatic heterocycles. The summed E-state index contributed by atoms with van der Waals surface area (Å²) in [6, 6.07) is 0. The van der Waals surface area contributed by atoms with Gasteiger partial charge in [-0.2, -0.15) is 0 Å². The maximum absolute atomic E-state index is 10.6. The maximum Gasteiger partial charge on any atom is 0.306 e. The Morgan fingerprint density at radius 2 is 1.83 bits per heavy atom. The SMILES string of the molecule is CCCCC(CCC)C(=O)O.F. The van der Waals surface area contributed by atoms with E-state index in [-0.39, 0.29) is 10.6 Å². The zero-order valence-corrected chi connectivity index (χ0v) is 7.88. The predicted molar refractivity (Wildman–Crippen MR) is 48.1 cm³/mol. The van der Waals surface area contributed by atoms with Crippen LogP contribution in [0.3, 0.4) is 0 Å². The normalized spacial score (nSPS) is 11.8. The third-order valence-corrected chi connectivity index (χ3v) is 1.89. The van der Waals surface area contributed by atoms with Crippen molar-refractivity contribution in [1.29, 1.82) is 0 Å². The molecule has 2 nitrogen and oxygen atoms in total. The highest BCUT2D eigenvalue weighted by molar-refractivity contribution is 5.69. The number of carboxylic acid groups (broad SMARTS) is 1. The Balaban J connectivity index is 0. The molecule has 0 aromatic rings. The van der Waals surface area contributed by atoms with E-state index < -0.39 is 5.97 Å². The lowest BCUT2D eigenvalue weighted by atomic mass is 9.97.